The molecule has 0 saturated carbocycles. The lowest BCUT2D eigenvalue weighted by atomic mass is 10.1. The molecule has 0 fully saturated rings. The van der Waals surface area contributed by atoms with E-state index in [-0.39, 0.29) is 17.1 Å². The highest BCUT2D eigenvalue weighted by Gasteiger charge is 2.19. The van der Waals surface area contributed by atoms with Crippen LogP contribution in [0.5, 0.6) is 0 Å². The van der Waals surface area contributed by atoms with Crippen molar-refractivity contribution in [3.05, 3.63) is 33.9 Å². The minimum Gasteiger partial charge on any atom is -0.374 e. The molecule has 1 amide bonds. The Morgan fingerprint density at radius 1 is 1.35 bits per heavy atom. The Kier molecular flexibility index (Phi) is 4.70. The summed E-state index contributed by atoms with van der Waals surface area (Å²) in [6.07, 6.45) is 0. The second kappa shape index (κ2) is 5.90. The zero-order valence-corrected chi connectivity index (χ0v) is 12.5. The molecule has 0 saturated heterocycles. The number of carbonyl (C=O) groups is 1. The molecular weight excluding hydrogens is 258 g/mol. The van der Waals surface area contributed by atoms with Crippen LogP contribution in [0.25, 0.3) is 0 Å². The van der Waals surface area contributed by atoms with Gasteiger partial charge in [0.25, 0.3) is 5.69 Å². The molecule has 20 heavy (non-hydrogen) atoms. The number of carbonyl (C=O) groups excluding carboxylic acids is 1. The van der Waals surface area contributed by atoms with Gasteiger partial charge in [-0.15, -0.1) is 0 Å². The van der Waals surface area contributed by atoms with E-state index in [4.69, 9.17) is 0 Å². The fourth-order valence-corrected chi connectivity index (χ4v) is 1.74. The van der Waals surface area contributed by atoms with Crippen molar-refractivity contribution in [3.8, 4) is 0 Å². The van der Waals surface area contributed by atoms with Gasteiger partial charge in [-0.3, -0.25) is 14.9 Å². The highest BCUT2D eigenvalue weighted by Crippen LogP contribution is 2.22. The second-order valence-corrected chi connectivity index (χ2v) is 5.86. The molecule has 0 unspecified atom stereocenters. The number of amides is 1. The second-order valence-electron chi connectivity index (χ2n) is 5.86. The van der Waals surface area contributed by atoms with Crippen LogP contribution in [-0.4, -0.2) is 22.4 Å². The van der Waals surface area contributed by atoms with Gasteiger partial charge in [0.2, 0.25) is 5.91 Å². The van der Waals surface area contributed by atoms with Crippen LogP contribution in [0.3, 0.4) is 0 Å². The first-order chi connectivity index (χ1) is 9.10. The molecule has 0 heterocycles. The van der Waals surface area contributed by atoms with E-state index in [0.717, 1.165) is 0 Å². The van der Waals surface area contributed by atoms with Crippen molar-refractivity contribution < 1.29 is 9.72 Å². The molecule has 0 aromatic heterocycles. The highest BCUT2D eigenvalue weighted by molar-refractivity contribution is 5.84. The average Bonchev–Trinajstić information content (AvgIpc) is 2.26. The Bertz CT molecular complexity index is 521. The SMILES string of the molecule is Cc1cc(N[C@H](C)C(=O)NC(C)(C)C)ccc1[N+](=O)[O-]. The maximum Gasteiger partial charge on any atom is 0.272 e. The largest absolute Gasteiger partial charge is 0.374 e. The smallest absolute Gasteiger partial charge is 0.272 e. The van der Waals surface area contributed by atoms with Gasteiger partial charge in [0.1, 0.15) is 6.04 Å². The van der Waals surface area contributed by atoms with E-state index in [0.29, 0.717) is 11.3 Å². The van der Waals surface area contributed by atoms with Gasteiger partial charge in [0.15, 0.2) is 0 Å². The van der Waals surface area contributed by atoms with Crippen LogP contribution in [0.2, 0.25) is 0 Å². The van der Waals surface area contributed by atoms with Crippen molar-refractivity contribution in [2.75, 3.05) is 5.32 Å². The molecule has 110 valence electrons. The topological polar surface area (TPSA) is 84.3 Å². The molecular formula is C14H21N3O3. The first kappa shape index (κ1) is 15.9. The maximum atomic E-state index is 11.9. The van der Waals surface area contributed by atoms with Gasteiger partial charge in [-0.1, -0.05) is 0 Å². The van der Waals surface area contributed by atoms with Crippen molar-refractivity contribution in [2.24, 2.45) is 0 Å². The van der Waals surface area contributed by atoms with Gasteiger partial charge in [0.05, 0.1) is 4.92 Å². The summed E-state index contributed by atoms with van der Waals surface area (Å²) in [5.74, 6) is -0.117. The third kappa shape index (κ3) is 4.53. The summed E-state index contributed by atoms with van der Waals surface area (Å²) < 4.78 is 0. The van der Waals surface area contributed by atoms with Crippen LogP contribution >= 0.6 is 0 Å². The molecule has 0 bridgehead atoms. The molecule has 1 rings (SSSR count). The Balaban J connectivity index is 2.76. The van der Waals surface area contributed by atoms with E-state index in [9.17, 15) is 14.9 Å². The number of benzene rings is 1. The zero-order valence-electron chi connectivity index (χ0n) is 12.5. The van der Waals surface area contributed by atoms with Crippen LogP contribution in [0, 0.1) is 17.0 Å². The van der Waals surface area contributed by atoms with Gasteiger partial charge in [-0.2, -0.15) is 0 Å². The molecule has 1 aromatic carbocycles. The summed E-state index contributed by atoms with van der Waals surface area (Å²) in [5, 5.41) is 16.7. The molecule has 0 radical (unpaired) electrons. The molecule has 6 nitrogen and oxygen atoms in total. The summed E-state index contributed by atoms with van der Waals surface area (Å²) >= 11 is 0. The van der Waals surface area contributed by atoms with Crippen LogP contribution in [0.1, 0.15) is 33.3 Å². The van der Waals surface area contributed by atoms with E-state index in [2.05, 4.69) is 10.6 Å². The number of nitrogens with zero attached hydrogens (tertiary/aromatic N) is 1. The lowest BCUT2D eigenvalue weighted by Gasteiger charge is -2.24. The number of hydrogen-bond donors (Lipinski definition) is 2. The van der Waals surface area contributed by atoms with Gasteiger partial charge >= 0.3 is 0 Å². The number of nitro groups is 1. The first-order valence-corrected chi connectivity index (χ1v) is 6.44. The number of anilines is 1. The van der Waals surface area contributed by atoms with E-state index < -0.39 is 11.0 Å². The van der Waals surface area contributed by atoms with Gasteiger partial charge < -0.3 is 10.6 Å². The highest BCUT2D eigenvalue weighted by atomic mass is 16.6. The minimum absolute atomic E-state index is 0.0716. The fraction of sp³-hybridized carbons (Fsp3) is 0.500. The summed E-state index contributed by atoms with van der Waals surface area (Å²) in [6, 6.07) is 4.28. The summed E-state index contributed by atoms with van der Waals surface area (Å²) in [6.45, 7) is 9.15. The predicted molar refractivity (Wildman–Crippen MR) is 78.8 cm³/mol. The molecule has 1 atom stereocenters. The van der Waals surface area contributed by atoms with E-state index in [1.165, 1.54) is 6.07 Å². The third-order valence-corrected chi connectivity index (χ3v) is 2.67. The standard InChI is InChI=1S/C14H21N3O3/c1-9-8-11(6-7-12(9)17(19)20)15-10(2)13(18)16-14(3,4)5/h6-8,10,15H,1-5H3,(H,16,18)/t10-/m1/s1. The number of rotatable bonds is 4. The molecule has 1 aromatic rings. The van der Waals surface area contributed by atoms with Crippen LogP contribution in [0.15, 0.2) is 18.2 Å². The molecule has 6 heteroatoms. The van der Waals surface area contributed by atoms with E-state index in [1.807, 2.05) is 20.8 Å². The number of hydrogen-bond acceptors (Lipinski definition) is 4. The van der Waals surface area contributed by atoms with Crippen LogP contribution in [-0.2, 0) is 4.79 Å². The van der Waals surface area contributed by atoms with Crippen molar-refractivity contribution in [3.63, 3.8) is 0 Å². The van der Waals surface area contributed by atoms with Crippen LogP contribution < -0.4 is 10.6 Å². The van der Waals surface area contributed by atoms with Crippen LogP contribution in [0.4, 0.5) is 11.4 Å². The Morgan fingerprint density at radius 2 is 1.95 bits per heavy atom. The first-order valence-electron chi connectivity index (χ1n) is 6.44. The van der Waals surface area contributed by atoms with Gasteiger partial charge in [0, 0.05) is 22.9 Å². The van der Waals surface area contributed by atoms with E-state index in [1.54, 1.807) is 26.0 Å². The summed E-state index contributed by atoms with van der Waals surface area (Å²) in [7, 11) is 0. The average molecular weight is 279 g/mol. The zero-order chi connectivity index (χ0) is 15.5. The molecule has 0 aliphatic carbocycles. The Hall–Kier alpha value is -2.11. The quantitative estimate of drug-likeness (QED) is 0.655. The fourth-order valence-electron chi connectivity index (χ4n) is 1.74. The van der Waals surface area contributed by atoms with E-state index >= 15 is 0 Å². The summed E-state index contributed by atoms with van der Waals surface area (Å²) in [4.78, 5) is 22.3. The normalized spacial score (nSPS) is 12.7. The Labute approximate surface area is 118 Å². The molecule has 0 aliphatic rings. The lowest BCUT2D eigenvalue weighted by molar-refractivity contribution is -0.385. The molecule has 0 spiro atoms. The number of nitrogens with one attached hydrogen (secondary N) is 2. The van der Waals surface area contributed by atoms with Crippen molar-refractivity contribution >= 4 is 17.3 Å². The number of aryl methyl sites for hydroxylation is 1. The van der Waals surface area contributed by atoms with Crippen molar-refractivity contribution in [2.45, 2.75) is 46.2 Å². The predicted octanol–water partition coefficient (Wildman–Crippen LogP) is 2.62. The summed E-state index contributed by atoms with van der Waals surface area (Å²) in [5.41, 5.74) is 1.02. The monoisotopic (exact) mass is 279 g/mol. The van der Waals surface area contributed by atoms with Gasteiger partial charge in [-0.05, 0) is 46.8 Å². The van der Waals surface area contributed by atoms with Gasteiger partial charge in [-0.25, -0.2) is 0 Å². The maximum absolute atomic E-state index is 11.9. The minimum atomic E-state index is -0.422. The van der Waals surface area contributed by atoms with Crippen molar-refractivity contribution in [1.82, 2.24) is 5.32 Å². The van der Waals surface area contributed by atoms with Crippen molar-refractivity contribution in [1.29, 1.82) is 0 Å². The molecule has 2 N–H and O–H groups in total. The third-order valence-electron chi connectivity index (χ3n) is 2.67. The Morgan fingerprint density at radius 3 is 2.40 bits per heavy atom. The lowest BCUT2D eigenvalue weighted by Crippen LogP contribution is -2.47. The number of nitro benzene ring substituents is 1. The molecule has 0 aliphatic heterocycles.